The van der Waals surface area contributed by atoms with E-state index < -0.39 is 0 Å². The summed E-state index contributed by atoms with van der Waals surface area (Å²) < 4.78 is 0. The normalized spacial score (nSPS) is 36.5. The van der Waals surface area contributed by atoms with Crippen LogP contribution in [0.25, 0.3) is 0 Å². The van der Waals surface area contributed by atoms with E-state index in [2.05, 4.69) is 4.90 Å². The highest BCUT2D eigenvalue weighted by Gasteiger charge is 2.35. The lowest BCUT2D eigenvalue weighted by Crippen LogP contribution is -2.43. The van der Waals surface area contributed by atoms with Gasteiger partial charge in [-0.2, -0.15) is 0 Å². The third-order valence-electron chi connectivity index (χ3n) is 6.24. The van der Waals surface area contributed by atoms with Crippen LogP contribution in [0.4, 0.5) is 0 Å². The summed E-state index contributed by atoms with van der Waals surface area (Å²) in [6.45, 7) is 4.12. The maximum Gasteiger partial charge on any atom is 0.00390 e. The molecule has 2 aliphatic carbocycles. The molecule has 1 heterocycles. The van der Waals surface area contributed by atoms with Crippen LogP contribution < -0.4 is 5.73 Å². The summed E-state index contributed by atoms with van der Waals surface area (Å²) in [5.41, 5.74) is 6.78. The van der Waals surface area contributed by atoms with E-state index in [1.807, 2.05) is 0 Å². The Kier molecular flexibility index (Phi) is 4.48. The van der Waals surface area contributed by atoms with Gasteiger partial charge in [-0.05, 0) is 75.8 Å². The quantitative estimate of drug-likeness (QED) is 0.826. The molecule has 1 aliphatic heterocycles. The van der Waals surface area contributed by atoms with E-state index in [4.69, 9.17) is 5.73 Å². The van der Waals surface area contributed by atoms with Gasteiger partial charge in [0.15, 0.2) is 0 Å². The molecule has 0 aromatic carbocycles. The highest BCUT2D eigenvalue weighted by atomic mass is 15.1. The molecule has 3 fully saturated rings. The predicted octanol–water partition coefficient (Wildman–Crippen LogP) is 3.55. The number of piperidine rings is 1. The van der Waals surface area contributed by atoms with Crippen LogP contribution in [0.15, 0.2) is 0 Å². The SMILES string of the molecule is NC1CCC(CN2CCC3(CCCCC3)CC2)CC1. The molecule has 0 aromatic rings. The van der Waals surface area contributed by atoms with E-state index in [9.17, 15) is 0 Å². The van der Waals surface area contributed by atoms with E-state index in [-0.39, 0.29) is 0 Å². The first-order valence-corrected chi connectivity index (χ1v) is 8.74. The van der Waals surface area contributed by atoms with Gasteiger partial charge >= 0.3 is 0 Å². The molecule has 0 atom stereocenters. The lowest BCUT2D eigenvalue weighted by Gasteiger charge is -2.45. The first-order valence-electron chi connectivity index (χ1n) is 8.74. The van der Waals surface area contributed by atoms with Crippen molar-refractivity contribution < 1.29 is 0 Å². The van der Waals surface area contributed by atoms with Gasteiger partial charge in [0.25, 0.3) is 0 Å². The summed E-state index contributed by atoms with van der Waals surface area (Å²) >= 11 is 0. The third-order valence-corrected chi connectivity index (χ3v) is 6.24. The van der Waals surface area contributed by atoms with Crippen LogP contribution in [0, 0.1) is 11.3 Å². The van der Waals surface area contributed by atoms with Crippen molar-refractivity contribution in [2.24, 2.45) is 17.1 Å². The number of rotatable bonds is 2. The number of hydrogen-bond donors (Lipinski definition) is 1. The zero-order valence-corrected chi connectivity index (χ0v) is 12.6. The van der Waals surface area contributed by atoms with Gasteiger partial charge in [0.2, 0.25) is 0 Å². The van der Waals surface area contributed by atoms with E-state index in [0.717, 1.165) is 11.3 Å². The molecule has 0 amide bonds. The van der Waals surface area contributed by atoms with Crippen LogP contribution in [-0.2, 0) is 0 Å². The summed E-state index contributed by atoms with van der Waals surface area (Å²) in [6.07, 6.45) is 15.8. The Morgan fingerprint density at radius 1 is 0.842 bits per heavy atom. The number of nitrogens with zero attached hydrogens (tertiary/aromatic N) is 1. The molecule has 2 N–H and O–H groups in total. The predicted molar refractivity (Wildman–Crippen MR) is 81.1 cm³/mol. The minimum Gasteiger partial charge on any atom is -0.328 e. The molecule has 3 aliphatic rings. The van der Waals surface area contributed by atoms with Crippen molar-refractivity contribution in [2.45, 2.75) is 76.7 Å². The Morgan fingerprint density at radius 2 is 1.47 bits per heavy atom. The molecule has 2 saturated carbocycles. The molecule has 19 heavy (non-hydrogen) atoms. The van der Waals surface area contributed by atoms with Crippen LogP contribution in [-0.4, -0.2) is 30.6 Å². The second kappa shape index (κ2) is 6.13. The Morgan fingerprint density at radius 3 is 2.11 bits per heavy atom. The topological polar surface area (TPSA) is 29.3 Å². The first-order chi connectivity index (χ1) is 9.26. The molecule has 3 rings (SSSR count). The fourth-order valence-electron chi connectivity index (χ4n) is 4.75. The molecule has 0 radical (unpaired) electrons. The smallest absolute Gasteiger partial charge is 0.00390 e. The van der Waals surface area contributed by atoms with Gasteiger partial charge < -0.3 is 10.6 Å². The highest BCUT2D eigenvalue weighted by molar-refractivity contribution is 4.89. The van der Waals surface area contributed by atoms with E-state index in [0.29, 0.717) is 6.04 Å². The van der Waals surface area contributed by atoms with Gasteiger partial charge in [-0.15, -0.1) is 0 Å². The Balaban J connectivity index is 1.42. The Hall–Kier alpha value is -0.0800. The summed E-state index contributed by atoms with van der Waals surface area (Å²) in [7, 11) is 0. The van der Waals surface area contributed by atoms with Crippen LogP contribution in [0.1, 0.15) is 70.6 Å². The standard InChI is InChI=1S/C17H32N2/c18-16-6-4-15(5-7-16)14-19-12-10-17(11-13-19)8-2-1-3-9-17/h15-16H,1-14,18H2. The molecule has 110 valence electrons. The lowest BCUT2D eigenvalue weighted by atomic mass is 9.68. The maximum atomic E-state index is 6.01. The fourth-order valence-corrected chi connectivity index (χ4v) is 4.75. The second-order valence-electron chi connectivity index (χ2n) is 7.64. The molecule has 0 unspecified atom stereocenters. The summed E-state index contributed by atoms with van der Waals surface area (Å²) in [6, 6.07) is 0.503. The Labute approximate surface area is 119 Å². The second-order valence-corrected chi connectivity index (χ2v) is 7.64. The first kappa shape index (κ1) is 13.9. The van der Waals surface area contributed by atoms with Gasteiger partial charge in [-0.25, -0.2) is 0 Å². The van der Waals surface area contributed by atoms with Crippen LogP contribution >= 0.6 is 0 Å². The maximum absolute atomic E-state index is 6.01. The average Bonchev–Trinajstić information content (AvgIpc) is 2.45. The molecule has 1 spiro atoms. The molecular formula is C17H32N2. The summed E-state index contributed by atoms with van der Waals surface area (Å²) in [5.74, 6) is 0.945. The van der Waals surface area contributed by atoms with E-state index >= 15 is 0 Å². The minimum absolute atomic E-state index is 0.503. The zero-order valence-electron chi connectivity index (χ0n) is 12.6. The van der Waals surface area contributed by atoms with Crippen LogP contribution in [0.5, 0.6) is 0 Å². The number of hydrogen-bond acceptors (Lipinski definition) is 2. The number of nitrogens with two attached hydrogens (primary N) is 1. The van der Waals surface area contributed by atoms with Crippen molar-refractivity contribution in [1.82, 2.24) is 4.90 Å². The van der Waals surface area contributed by atoms with Gasteiger partial charge in [-0.1, -0.05) is 19.3 Å². The zero-order chi connectivity index (χ0) is 13.1. The van der Waals surface area contributed by atoms with Crippen molar-refractivity contribution in [2.75, 3.05) is 19.6 Å². The van der Waals surface area contributed by atoms with Crippen molar-refractivity contribution in [3.63, 3.8) is 0 Å². The van der Waals surface area contributed by atoms with Gasteiger partial charge in [0.05, 0.1) is 0 Å². The molecule has 2 nitrogen and oxygen atoms in total. The molecular weight excluding hydrogens is 232 g/mol. The largest absolute Gasteiger partial charge is 0.328 e. The summed E-state index contributed by atoms with van der Waals surface area (Å²) in [5, 5.41) is 0. The van der Waals surface area contributed by atoms with E-state index in [1.165, 1.54) is 90.3 Å². The number of likely N-dealkylation sites (tertiary alicyclic amines) is 1. The fraction of sp³-hybridized carbons (Fsp3) is 1.00. The molecule has 0 bridgehead atoms. The monoisotopic (exact) mass is 264 g/mol. The van der Waals surface area contributed by atoms with Gasteiger partial charge in [0, 0.05) is 12.6 Å². The van der Waals surface area contributed by atoms with Gasteiger partial charge in [0.1, 0.15) is 0 Å². The van der Waals surface area contributed by atoms with Crippen molar-refractivity contribution >= 4 is 0 Å². The summed E-state index contributed by atoms with van der Waals surface area (Å²) in [4.78, 5) is 2.77. The molecule has 1 saturated heterocycles. The third kappa shape index (κ3) is 3.52. The van der Waals surface area contributed by atoms with Crippen molar-refractivity contribution in [3.05, 3.63) is 0 Å². The molecule has 2 heteroatoms. The minimum atomic E-state index is 0.503. The van der Waals surface area contributed by atoms with Crippen LogP contribution in [0.2, 0.25) is 0 Å². The lowest BCUT2D eigenvalue weighted by molar-refractivity contribution is 0.0556. The van der Waals surface area contributed by atoms with Gasteiger partial charge in [-0.3, -0.25) is 0 Å². The van der Waals surface area contributed by atoms with Crippen molar-refractivity contribution in [1.29, 1.82) is 0 Å². The highest BCUT2D eigenvalue weighted by Crippen LogP contribution is 2.44. The van der Waals surface area contributed by atoms with Crippen molar-refractivity contribution in [3.8, 4) is 0 Å². The average molecular weight is 264 g/mol. The van der Waals surface area contributed by atoms with Crippen LogP contribution in [0.3, 0.4) is 0 Å². The van der Waals surface area contributed by atoms with E-state index in [1.54, 1.807) is 0 Å². The molecule has 0 aromatic heterocycles. The Bertz CT molecular complexity index is 265.